The molecule has 0 N–H and O–H groups in total. The molecule has 0 radical (unpaired) electrons. The van der Waals surface area contributed by atoms with Gasteiger partial charge in [-0.15, -0.1) is 0 Å². The van der Waals surface area contributed by atoms with Crippen molar-refractivity contribution in [2.45, 2.75) is 13.1 Å². The first-order valence-electron chi connectivity index (χ1n) is 10.8. The number of para-hydroxylation sites is 2. The van der Waals surface area contributed by atoms with Crippen molar-refractivity contribution in [1.29, 1.82) is 0 Å². The predicted octanol–water partition coefficient (Wildman–Crippen LogP) is 6.10. The van der Waals surface area contributed by atoms with Gasteiger partial charge < -0.3 is 9.30 Å². The third kappa shape index (κ3) is 4.61. The molecule has 5 nitrogen and oxygen atoms in total. The molecule has 0 aliphatic carbocycles. The van der Waals surface area contributed by atoms with Crippen LogP contribution in [0.4, 0.5) is 9.18 Å². The Morgan fingerprint density at radius 3 is 2.44 bits per heavy atom. The van der Waals surface area contributed by atoms with Gasteiger partial charge in [0.2, 0.25) is 0 Å². The minimum atomic E-state index is -0.358. The highest BCUT2D eigenvalue weighted by atomic mass is 32.2. The number of rotatable bonds is 7. The van der Waals surface area contributed by atoms with E-state index in [-0.39, 0.29) is 23.5 Å². The molecular formula is C27H21FN2O3S. The minimum Gasteiger partial charge on any atom is -0.492 e. The normalized spacial score (nSPS) is 15.0. The maximum absolute atomic E-state index is 13.2. The first kappa shape index (κ1) is 22.0. The largest absolute Gasteiger partial charge is 0.492 e. The van der Waals surface area contributed by atoms with Crippen molar-refractivity contribution < 1.29 is 18.7 Å². The molecule has 2 heterocycles. The fourth-order valence-electron chi connectivity index (χ4n) is 3.90. The van der Waals surface area contributed by atoms with Gasteiger partial charge in [0, 0.05) is 22.7 Å². The van der Waals surface area contributed by atoms with Gasteiger partial charge >= 0.3 is 0 Å². The summed E-state index contributed by atoms with van der Waals surface area (Å²) in [6, 6.07) is 23.4. The van der Waals surface area contributed by atoms with Crippen LogP contribution in [0.5, 0.6) is 5.75 Å². The van der Waals surface area contributed by atoms with Gasteiger partial charge in [-0.2, -0.15) is 0 Å². The van der Waals surface area contributed by atoms with Crippen LogP contribution >= 0.6 is 11.8 Å². The molecule has 0 atom stereocenters. The summed E-state index contributed by atoms with van der Waals surface area (Å²) in [4.78, 5) is 27.1. The lowest BCUT2D eigenvalue weighted by Crippen LogP contribution is -2.27. The standard InChI is InChI=1S/C27H21FN2O3S/c28-21-12-10-19(11-13-21)17-30-26(31)25(34-27(30)32)16-20-18-29(24-9-5-4-8-23(20)24)14-15-33-22-6-2-1-3-7-22/h1-13,16,18H,14-15,17H2/b25-16-. The molecule has 3 aromatic carbocycles. The second kappa shape index (κ2) is 9.57. The fraction of sp³-hybridized carbons (Fsp3) is 0.111. The van der Waals surface area contributed by atoms with Crippen molar-refractivity contribution >= 4 is 39.9 Å². The molecule has 1 fully saturated rings. The van der Waals surface area contributed by atoms with E-state index in [0.717, 1.165) is 34.0 Å². The molecule has 0 bridgehead atoms. The van der Waals surface area contributed by atoms with Gasteiger partial charge in [-0.1, -0.05) is 48.5 Å². The highest BCUT2D eigenvalue weighted by molar-refractivity contribution is 8.18. The molecule has 1 aromatic heterocycles. The molecule has 5 rings (SSSR count). The van der Waals surface area contributed by atoms with Crippen LogP contribution in [0.1, 0.15) is 11.1 Å². The SMILES string of the molecule is O=C1S/C(=C\c2cn(CCOc3ccccc3)c3ccccc23)C(=O)N1Cc1ccc(F)cc1. The van der Waals surface area contributed by atoms with Crippen molar-refractivity contribution in [1.82, 2.24) is 9.47 Å². The van der Waals surface area contributed by atoms with E-state index < -0.39 is 0 Å². The van der Waals surface area contributed by atoms with E-state index in [0.29, 0.717) is 23.6 Å². The maximum Gasteiger partial charge on any atom is 0.293 e. The number of hydrogen-bond acceptors (Lipinski definition) is 4. The number of fused-ring (bicyclic) bond motifs is 1. The van der Waals surface area contributed by atoms with Crippen molar-refractivity contribution in [3.8, 4) is 5.75 Å². The number of carbonyl (C=O) groups excluding carboxylic acids is 2. The van der Waals surface area contributed by atoms with E-state index in [1.807, 2.05) is 60.8 Å². The van der Waals surface area contributed by atoms with E-state index >= 15 is 0 Å². The molecule has 170 valence electrons. The number of aromatic nitrogens is 1. The summed E-state index contributed by atoms with van der Waals surface area (Å²) in [6.07, 6.45) is 3.75. The lowest BCUT2D eigenvalue weighted by atomic mass is 10.1. The Morgan fingerprint density at radius 1 is 0.912 bits per heavy atom. The zero-order valence-corrected chi connectivity index (χ0v) is 19.0. The summed E-state index contributed by atoms with van der Waals surface area (Å²) in [7, 11) is 0. The zero-order chi connectivity index (χ0) is 23.5. The van der Waals surface area contributed by atoms with E-state index in [4.69, 9.17) is 4.74 Å². The molecule has 0 unspecified atom stereocenters. The van der Waals surface area contributed by atoms with Gasteiger partial charge in [-0.3, -0.25) is 14.5 Å². The number of amides is 2. The van der Waals surface area contributed by atoms with Crippen LogP contribution in [0.25, 0.3) is 17.0 Å². The Morgan fingerprint density at radius 2 is 1.65 bits per heavy atom. The van der Waals surface area contributed by atoms with Gasteiger partial charge in [0.1, 0.15) is 18.2 Å². The van der Waals surface area contributed by atoms with Crippen molar-refractivity contribution in [2.75, 3.05) is 6.61 Å². The average Bonchev–Trinajstić information content (AvgIpc) is 3.33. The van der Waals surface area contributed by atoms with Crippen LogP contribution in [0.15, 0.2) is 90.0 Å². The summed E-state index contributed by atoms with van der Waals surface area (Å²) in [5.41, 5.74) is 2.58. The second-order valence-corrected chi connectivity index (χ2v) is 8.84. The first-order valence-corrected chi connectivity index (χ1v) is 11.7. The maximum atomic E-state index is 13.2. The minimum absolute atomic E-state index is 0.112. The number of imide groups is 1. The molecule has 7 heteroatoms. The van der Waals surface area contributed by atoms with Crippen LogP contribution in [0.3, 0.4) is 0 Å². The van der Waals surface area contributed by atoms with Gasteiger partial charge in [0.25, 0.3) is 11.1 Å². The first-order chi connectivity index (χ1) is 16.6. The van der Waals surface area contributed by atoms with Crippen LogP contribution in [0, 0.1) is 5.82 Å². The van der Waals surface area contributed by atoms with E-state index in [2.05, 4.69) is 4.57 Å². The third-order valence-electron chi connectivity index (χ3n) is 5.58. The molecule has 1 aliphatic rings. The molecular weight excluding hydrogens is 451 g/mol. The molecule has 4 aromatic rings. The fourth-order valence-corrected chi connectivity index (χ4v) is 4.73. The van der Waals surface area contributed by atoms with Crippen LogP contribution in [-0.4, -0.2) is 27.2 Å². The highest BCUT2D eigenvalue weighted by Crippen LogP contribution is 2.35. The predicted molar refractivity (Wildman–Crippen MR) is 132 cm³/mol. The smallest absolute Gasteiger partial charge is 0.293 e. The summed E-state index contributed by atoms with van der Waals surface area (Å²) < 4.78 is 21.1. The van der Waals surface area contributed by atoms with E-state index in [1.54, 1.807) is 18.2 Å². The zero-order valence-electron chi connectivity index (χ0n) is 18.2. The number of halogens is 1. The lowest BCUT2D eigenvalue weighted by molar-refractivity contribution is -0.123. The number of carbonyl (C=O) groups is 2. The lowest BCUT2D eigenvalue weighted by Gasteiger charge is -2.12. The van der Waals surface area contributed by atoms with Crippen LogP contribution in [-0.2, 0) is 17.9 Å². The van der Waals surface area contributed by atoms with Crippen LogP contribution in [0.2, 0.25) is 0 Å². The Balaban J connectivity index is 1.36. The van der Waals surface area contributed by atoms with Crippen LogP contribution < -0.4 is 4.74 Å². The number of benzene rings is 3. The summed E-state index contributed by atoms with van der Waals surface area (Å²) in [5, 5.41) is 0.660. The van der Waals surface area contributed by atoms with Crippen molar-refractivity contribution in [2.24, 2.45) is 0 Å². The Kier molecular flexibility index (Phi) is 6.18. The van der Waals surface area contributed by atoms with E-state index in [9.17, 15) is 14.0 Å². The summed E-state index contributed by atoms with van der Waals surface area (Å²) in [6.45, 7) is 1.24. The molecule has 0 saturated carbocycles. The summed E-state index contributed by atoms with van der Waals surface area (Å²) >= 11 is 0.922. The Bertz CT molecular complexity index is 1380. The monoisotopic (exact) mass is 472 g/mol. The molecule has 1 saturated heterocycles. The molecule has 0 spiro atoms. The van der Waals surface area contributed by atoms with Gasteiger partial charge in [0.05, 0.1) is 18.0 Å². The van der Waals surface area contributed by atoms with Crippen molar-refractivity contribution in [3.63, 3.8) is 0 Å². The molecule has 34 heavy (non-hydrogen) atoms. The molecule has 1 aliphatic heterocycles. The third-order valence-corrected chi connectivity index (χ3v) is 6.49. The topological polar surface area (TPSA) is 51.5 Å². The van der Waals surface area contributed by atoms with E-state index in [1.165, 1.54) is 17.0 Å². The number of hydrogen-bond donors (Lipinski definition) is 0. The van der Waals surface area contributed by atoms with Gasteiger partial charge in [-0.05, 0) is 53.7 Å². The second-order valence-electron chi connectivity index (χ2n) is 7.85. The summed E-state index contributed by atoms with van der Waals surface area (Å²) in [5.74, 6) is 0.112. The number of nitrogens with zero attached hydrogens (tertiary/aromatic N) is 2. The molecule has 2 amide bonds. The number of ether oxygens (including phenoxy) is 1. The quantitative estimate of drug-likeness (QED) is 0.305. The highest BCUT2D eigenvalue weighted by Gasteiger charge is 2.35. The van der Waals surface area contributed by atoms with Gasteiger partial charge in [0.15, 0.2) is 0 Å². The number of thioether (sulfide) groups is 1. The Labute approximate surface area is 200 Å². The van der Waals surface area contributed by atoms with Crippen molar-refractivity contribution in [3.05, 3.63) is 107 Å². The van der Waals surface area contributed by atoms with Gasteiger partial charge in [-0.25, -0.2) is 4.39 Å². The average molecular weight is 473 g/mol. The Hall–Kier alpha value is -3.84.